The summed E-state index contributed by atoms with van der Waals surface area (Å²) in [5.41, 5.74) is 6.19. The van der Waals surface area contributed by atoms with Gasteiger partial charge >= 0.3 is 0 Å². The normalized spacial score (nSPS) is 10.3. The predicted octanol–water partition coefficient (Wildman–Crippen LogP) is 3.31. The van der Waals surface area contributed by atoms with Crippen molar-refractivity contribution in [2.24, 2.45) is 0 Å². The molecule has 0 saturated carbocycles. The van der Waals surface area contributed by atoms with Gasteiger partial charge in [0, 0.05) is 16.6 Å². The maximum Gasteiger partial charge on any atom is 0.167 e. The smallest absolute Gasteiger partial charge is 0.167 e. The summed E-state index contributed by atoms with van der Waals surface area (Å²) >= 11 is 1.62. The maximum atomic E-state index is 13.3. The average molecular weight is 229 g/mol. The summed E-state index contributed by atoms with van der Waals surface area (Å²) in [6, 6.07) is 3.00. The summed E-state index contributed by atoms with van der Waals surface area (Å²) in [6.45, 7) is 4.38. The van der Waals surface area contributed by atoms with Crippen LogP contribution in [0.4, 0.5) is 10.1 Å². The molecule has 1 aromatic carbocycles. The molecule has 0 bridgehead atoms. The van der Waals surface area contributed by atoms with Crippen molar-refractivity contribution in [1.29, 1.82) is 0 Å². The minimum atomic E-state index is -0.393. The van der Waals surface area contributed by atoms with Crippen molar-refractivity contribution in [2.45, 2.75) is 25.2 Å². The first-order valence-corrected chi connectivity index (χ1v) is 6.02. The Kier molecular flexibility index (Phi) is 4.75. The molecule has 0 aromatic heterocycles. The van der Waals surface area contributed by atoms with Crippen LogP contribution in [-0.2, 0) is 0 Å². The van der Waals surface area contributed by atoms with Crippen LogP contribution in [0, 0.1) is 5.82 Å². The summed E-state index contributed by atoms with van der Waals surface area (Å²) in [5, 5.41) is 0. The molecule has 0 unspecified atom stereocenters. The van der Waals surface area contributed by atoms with Crippen LogP contribution in [0.1, 0.15) is 20.3 Å². The fourth-order valence-corrected chi connectivity index (χ4v) is 1.99. The van der Waals surface area contributed by atoms with Crippen molar-refractivity contribution in [3.63, 3.8) is 0 Å². The van der Waals surface area contributed by atoms with E-state index >= 15 is 0 Å². The van der Waals surface area contributed by atoms with Crippen molar-refractivity contribution in [3.05, 3.63) is 17.9 Å². The molecule has 2 nitrogen and oxygen atoms in total. The summed E-state index contributed by atoms with van der Waals surface area (Å²) < 4.78 is 18.5. The van der Waals surface area contributed by atoms with Crippen LogP contribution in [0.5, 0.6) is 5.75 Å². The number of thioether (sulfide) groups is 1. The molecule has 15 heavy (non-hydrogen) atoms. The van der Waals surface area contributed by atoms with Crippen LogP contribution >= 0.6 is 11.8 Å². The zero-order valence-corrected chi connectivity index (χ0v) is 9.86. The second-order valence-corrected chi connectivity index (χ2v) is 4.24. The van der Waals surface area contributed by atoms with Gasteiger partial charge in [0.15, 0.2) is 11.6 Å². The van der Waals surface area contributed by atoms with E-state index < -0.39 is 5.82 Å². The Balaban J connectivity index is 2.90. The summed E-state index contributed by atoms with van der Waals surface area (Å²) in [5.74, 6) is 0.863. The molecule has 0 saturated heterocycles. The Morgan fingerprint density at radius 2 is 2.13 bits per heavy atom. The summed E-state index contributed by atoms with van der Waals surface area (Å²) in [4.78, 5) is 0.890. The lowest BCUT2D eigenvalue weighted by Gasteiger charge is -2.09. The number of ether oxygens (including phenoxy) is 1. The van der Waals surface area contributed by atoms with E-state index in [1.807, 2.05) is 6.92 Å². The van der Waals surface area contributed by atoms with Gasteiger partial charge in [0.25, 0.3) is 0 Å². The van der Waals surface area contributed by atoms with Gasteiger partial charge in [-0.1, -0.05) is 6.92 Å². The monoisotopic (exact) mass is 229 g/mol. The van der Waals surface area contributed by atoms with Gasteiger partial charge in [-0.3, -0.25) is 0 Å². The Bertz CT molecular complexity index is 331. The van der Waals surface area contributed by atoms with Crippen LogP contribution in [0.25, 0.3) is 0 Å². The van der Waals surface area contributed by atoms with E-state index in [4.69, 9.17) is 10.5 Å². The molecule has 0 heterocycles. The third-order valence-corrected chi connectivity index (χ3v) is 3.10. The van der Waals surface area contributed by atoms with Crippen LogP contribution in [0.15, 0.2) is 17.0 Å². The standard InChI is InChI=1S/C11H16FNOS/c1-3-5-15-11-7-10(14-4-2)8(12)6-9(11)13/h6-7H,3-5,13H2,1-2H3. The fraction of sp³-hybridized carbons (Fsp3) is 0.455. The lowest BCUT2D eigenvalue weighted by molar-refractivity contribution is 0.321. The Hall–Kier alpha value is -0.900. The van der Waals surface area contributed by atoms with E-state index in [9.17, 15) is 4.39 Å². The van der Waals surface area contributed by atoms with Gasteiger partial charge in [0.2, 0.25) is 0 Å². The van der Waals surface area contributed by atoms with E-state index in [1.165, 1.54) is 6.07 Å². The molecule has 0 aliphatic rings. The molecule has 0 amide bonds. The van der Waals surface area contributed by atoms with Gasteiger partial charge in [0.1, 0.15) is 0 Å². The highest BCUT2D eigenvalue weighted by atomic mass is 32.2. The minimum absolute atomic E-state index is 0.283. The van der Waals surface area contributed by atoms with E-state index in [1.54, 1.807) is 17.8 Å². The number of rotatable bonds is 5. The first-order valence-electron chi connectivity index (χ1n) is 5.03. The average Bonchev–Trinajstić information content (AvgIpc) is 2.20. The van der Waals surface area contributed by atoms with Crippen LogP contribution in [0.3, 0.4) is 0 Å². The van der Waals surface area contributed by atoms with E-state index in [0.717, 1.165) is 17.1 Å². The van der Waals surface area contributed by atoms with Crippen LogP contribution in [-0.4, -0.2) is 12.4 Å². The third kappa shape index (κ3) is 3.30. The van der Waals surface area contributed by atoms with Crippen molar-refractivity contribution in [2.75, 3.05) is 18.1 Å². The molecule has 0 radical (unpaired) electrons. The van der Waals surface area contributed by atoms with E-state index in [2.05, 4.69) is 6.92 Å². The number of halogens is 1. The molecule has 2 N–H and O–H groups in total. The van der Waals surface area contributed by atoms with Gasteiger partial charge in [-0.05, 0) is 25.2 Å². The predicted molar refractivity (Wildman–Crippen MR) is 63.0 cm³/mol. The number of hydrogen-bond acceptors (Lipinski definition) is 3. The van der Waals surface area contributed by atoms with Crippen molar-refractivity contribution >= 4 is 17.4 Å². The van der Waals surface area contributed by atoms with Gasteiger partial charge in [-0.15, -0.1) is 11.8 Å². The zero-order valence-electron chi connectivity index (χ0n) is 9.05. The highest BCUT2D eigenvalue weighted by molar-refractivity contribution is 7.99. The Morgan fingerprint density at radius 1 is 1.40 bits per heavy atom. The zero-order chi connectivity index (χ0) is 11.3. The lowest BCUT2D eigenvalue weighted by atomic mass is 10.3. The molecule has 0 fully saturated rings. The second kappa shape index (κ2) is 5.85. The topological polar surface area (TPSA) is 35.2 Å². The first kappa shape index (κ1) is 12.2. The maximum absolute atomic E-state index is 13.3. The van der Waals surface area contributed by atoms with Crippen LogP contribution in [0.2, 0.25) is 0 Å². The van der Waals surface area contributed by atoms with E-state index in [-0.39, 0.29) is 5.75 Å². The molecule has 0 aliphatic carbocycles. The molecular weight excluding hydrogens is 213 g/mol. The van der Waals surface area contributed by atoms with Crippen molar-refractivity contribution < 1.29 is 9.13 Å². The summed E-state index contributed by atoms with van der Waals surface area (Å²) in [7, 11) is 0. The lowest BCUT2D eigenvalue weighted by Crippen LogP contribution is -1.98. The molecule has 0 spiro atoms. The molecule has 1 rings (SSSR count). The number of hydrogen-bond donors (Lipinski definition) is 1. The molecular formula is C11H16FNOS. The van der Waals surface area contributed by atoms with Gasteiger partial charge in [-0.25, -0.2) is 4.39 Å². The van der Waals surface area contributed by atoms with E-state index in [0.29, 0.717) is 12.3 Å². The Morgan fingerprint density at radius 3 is 2.73 bits per heavy atom. The second-order valence-electron chi connectivity index (χ2n) is 3.10. The molecule has 1 aromatic rings. The van der Waals surface area contributed by atoms with Crippen molar-refractivity contribution in [1.82, 2.24) is 0 Å². The van der Waals surface area contributed by atoms with Crippen molar-refractivity contribution in [3.8, 4) is 5.75 Å². The molecule has 0 atom stereocenters. The Labute approximate surface area is 94.0 Å². The molecule has 84 valence electrons. The first-order chi connectivity index (χ1) is 7.19. The van der Waals surface area contributed by atoms with Gasteiger partial charge in [-0.2, -0.15) is 0 Å². The highest BCUT2D eigenvalue weighted by Gasteiger charge is 2.08. The van der Waals surface area contributed by atoms with Gasteiger partial charge < -0.3 is 10.5 Å². The number of nitrogen functional groups attached to an aromatic ring is 1. The number of anilines is 1. The number of nitrogens with two attached hydrogens (primary N) is 1. The van der Waals surface area contributed by atoms with Gasteiger partial charge in [0.05, 0.1) is 6.61 Å². The SMILES string of the molecule is CCCSc1cc(OCC)c(F)cc1N. The minimum Gasteiger partial charge on any atom is -0.491 e. The molecule has 0 aliphatic heterocycles. The number of benzene rings is 1. The largest absolute Gasteiger partial charge is 0.491 e. The van der Waals surface area contributed by atoms with Crippen LogP contribution < -0.4 is 10.5 Å². The summed E-state index contributed by atoms with van der Waals surface area (Å²) in [6.07, 6.45) is 1.06. The fourth-order valence-electron chi connectivity index (χ4n) is 1.15. The quantitative estimate of drug-likeness (QED) is 0.621. The molecule has 4 heteroatoms. The third-order valence-electron chi connectivity index (χ3n) is 1.83. The highest BCUT2D eigenvalue weighted by Crippen LogP contribution is 2.31.